The molecular weight excluding hydrogens is 496 g/mol. The van der Waals surface area contributed by atoms with Crippen molar-refractivity contribution in [2.45, 2.75) is 31.4 Å². The van der Waals surface area contributed by atoms with Crippen molar-refractivity contribution in [1.29, 1.82) is 0 Å². The molecule has 2 aromatic carbocycles. The van der Waals surface area contributed by atoms with E-state index in [2.05, 4.69) is 10.5 Å². The van der Waals surface area contributed by atoms with Crippen LogP contribution in [0.5, 0.6) is 5.75 Å². The molecule has 37 heavy (non-hydrogen) atoms. The Hall–Kier alpha value is -4.11. The average Bonchev–Trinajstić information content (AvgIpc) is 3.48. The smallest absolute Gasteiger partial charge is 0.261 e. The Kier molecular flexibility index (Phi) is 7.93. The van der Waals surface area contributed by atoms with Gasteiger partial charge in [-0.3, -0.25) is 14.4 Å². The van der Waals surface area contributed by atoms with Gasteiger partial charge in [-0.2, -0.15) is 0 Å². The van der Waals surface area contributed by atoms with Crippen LogP contribution >= 0.6 is 11.6 Å². The van der Waals surface area contributed by atoms with Gasteiger partial charge in [0.2, 0.25) is 11.8 Å². The van der Waals surface area contributed by atoms with Crippen molar-refractivity contribution >= 4 is 40.7 Å². The molecule has 0 bridgehead atoms. The number of primary amides is 1. The van der Waals surface area contributed by atoms with E-state index >= 15 is 0 Å². The summed E-state index contributed by atoms with van der Waals surface area (Å²) in [7, 11) is 0. The van der Waals surface area contributed by atoms with Gasteiger partial charge in [-0.25, -0.2) is 0 Å². The van der Waals surface area contributed by atoms with Crippen molar-refractivity contribution in [3.05, 3.63) is 83.4 Å². The predicted molar refractivity (Wildman–Crippen MR) is 140 cm³/mol. The normalized spacial score (nSPS) is 20.9. The van der Waals surface area contributed by atoms with Gasteiger partial charge in [-0.15, -0.1) is 0 Å². The summed E-state index contributed by atoms with van der Waals surface area (Å²) in [6.07, 6.45) is 7.26. The van der Waals surface area contributed by atoms with Crippen molar-refractivity contribution in [3.63, 3.8) is 0 Å². The third kappa shape index (κ3) is 6.37. The average molecular weight is 523 g/mol. The minimum Gasteiger partial charge on any atom is -0.484 e. The van der Waals surface area contributed by atoms with Crippen molar-refractivity contribution in [3.8, 4) is 5.75 Å². The summed E-state index contributed by atoms with van der Waals surface area (Å²) in [5, 5.41) is 7.62. The summed E-state index contributed by atoms with van der Waals surface area (Å²) in [6.45, 7) is 1.74. The van der Waals surface area contributed by atoms with Gasteiger partial charge < -0.3 is 25.5 Å². The summed E-state index contributed by atoms with van der Waals surface area (Å²) < 4.78 is 5.57. The van der Waals surface area contributed by atoms with Gasteiger partial charge in [-0.05, 0) is 43.3 Å². The van der Waals surface area contributed by atoms with Gasteiger partial charge in [0.1, 0.15) is 11.8 Å². The zero-order chi connectivity index (χ0) is 26.4. The molecule has 3 amide bonds. The molecule has 0 saturated carbocycles. The first-order chi connectivity index (χ1) is 17.8. The van der Waals surface area contributed by atoms with Gasteiger partial charge in [0, 0.05) is 35.2 Å². The van der Waals surface area contributed by atoms with Crippen LogP contribution in [0.15, 0.2) is 78.0 Å². The molecule has 2 aliphatic heterocycles. The van der Waals surface area contributed by atoms with E-state index in [0.717, 1.165) is 5.56 Å². The van der Waals surface area contributed by atoms with Gasteiger partial charge in [0.05, 0.1) is 12.3 Å². The maximum absolute atomic E-state index is 13.0. The molecular formula is C27H27ClN4O5. The molecule has 192 valence electrons. The number of nitrogens with two attached hydrogens (primary N) is 1. The maximum Gasteiger partial charge on any atom is 0.261 e. The topological polar surface area (TPSA) is 123 Å². The number of anilines is 1. The first-order valence-corrected chi connectivity index (χ1v) is 12.1. The molecule has 2 heterocycles. The summed E-state index contributed by atoms with van der Waals surface area (Å²) in [5.41, 5.74) is 6.77. The van der Waals surface area contributed by atoms with Gasteiger partial charge >= 0.3 is 0 Å². The zero-order valence-corrected chi connectivity index (χ0v) is 21.0. The highest BCUT2D eigenvalue weighted by Crippen LogP contribution is 2.39. The second-order valence-electron chi connectivity index (χ2n) is 8.83. The number of nitrogens with one attached hydrogen (secondary N) is 1. The molecule has 4 rings (SSSR count). The van der Waals surface area contributed by atoms with Crippen LogP contribution in [-0.4, -0.2) is 53.1 Å². The lowest BCUT2D eigenvalue weighted by Gasteiger charge is -2.23. The number of amides is 3. The lowest BCUT2D eigenvalue weighted by Crippen LogP contribution is -2.45. The van der Waals surface area contributed by atoms with Crippen molar-refractivity contribution in [2.24, 2.45) is 10.9 Å². The number of ether oxygens (including phenoxy) is 1. The molecule has 10 heteroatoms. The van der Waals surface area contributed by atoms with Crippen LogP contribution in [0.2, 0.25) is 5.02 Å². The van der Waals surface area contributed by atoms with Crippen LogP contribution in [0.1, 0.15) is 25.3 Å². The molecule has 0 aromatic heterocycles. The Morgan fingerprint density at radius 2 is 2.03 bits per heavy atom. The molecule has 2 aromatic rings. The number of hydrogen-bond acceptors (Lipinski definition) is 6. The van der Waals surface area contributed by atoms with Gasteiger partial charge in [-0.1, -0.05) is 47.1 Å². The number of likely N-dealkylation sites (tertiary alicyclic amines) is 1. The predicted octanol–water partition coefficient (Wildman–Crippen LogP) is 3.44. The molecule has 0 radical (unpaired) electrons. The largest absolute Gasteiger partial charge is 0.484 e. The second-order valence-corrected chi connectivity index (χ2v) is 9.27. The molecule has 9 nitrogen and oxygen atoms in total. The molecule has 3 N–H and O–H groups in total. The van der Waals surface area contributed by atoms with E-state index in [0.29, 0.717) is 28.6 Å². The van der Waals surface area contributed by atoms with Gasteiger partial charge in [0.25, 0.3) is 5.91 Å². The first kappa shape index (κ1) is 26.0. The van der Waals surface area contributed by atoms with E-state index in [9.17, 15) is 14.4 Å². The van der Waals surface area contributed by atoms with E-state index in [-0.39, 0.29) is 31.4 Å². The summed E-state index contributed by atoms with van der Waals surface area (Å²) >= 11 is 5.88. The third-order valence-corrected chi connectivity index (χ3v) is 6.33. The molecule has 2 aliphatic rings. The lowest BCUT2D eigenvalue weighted by molar-refractivity contribution is -0.139. The molecule has 0 aliphatic carbocycles. The fourth-order valence-corrected chi connectivity index (χ4v) is 4.43. The molecule has 1 fully saturated rings. The molecule has 1 unspecified atom stereocenters. The number of allylic oxidation sites excluding steroid dienone is 3. The summed E-state index contributed by atoms with van der Waals surface area (Å²) in [6, 6.07) is 13.0. The van der Waals surface area contributed by atoms with E-state index in [1.807, 2.05) is 19.1 Å². The van der Waals surface area contributed by atoms with Gasteiger partial charge in [0.15, 0.2) is 12.2 Å². The minimum atomic E-state index is -0.876. The highest BCUT2D eigenvalue weighted by molar-refractivity contribution is 6.30. The van der Waals surface area contributed by atoms with E-state index < -0.39 is 17.6 Å². The minimum absolute atomic E-state index is 0.141. The summed E-state index contributed by atoms with van der Waals surface area (Å²) in [5.74, 6) is -0.784. The number of halogens is 1. The Morgan fingerprint density at radius 1 is 1.24 bits per heavy atom. The number of rotatable bonds is 8. The van der Waals surface area contributed by atoms with Crippen LogP contribution in [0, 0.1) is 0 Å². The fourth-order valence-electron chi connectivity index (χ4n) is 4.31. The van der Waals surface area contributed by atoms with Crippen molar-refractivity contribution < 1.29 is 24.0 Å². The van der Waals surface area contributed by atoms with Crippen molar-refractivity contribution in [1.82, 2.24) is 4.90 Å². The van der Waals surface area contributed by atoms with E-state index in [1.54, 1.807) is 54.6 Å². The molecule has 1 spiro atoms. The number of nitrogens with zero attached hydrogens (tertiary/aromatic N) is 2. The monoisotopic (exact) mass is 522 g/mol. The van der Waals surface area contributed by atoms with Crippen molar-refractivity contribution in [2.75, 3.05) is 18.5 Å². The van der Waals surface area contributed by atoms with Crippen LogP contribution in [0.4, 0.5) is 5.69 Å². The van der Waals surface area contributed by atoms with Crippen LogP contribution < -0.4 is 15.8 Å². The molecule has 2 atom stereocenters. The van der Waals surface area contributed by atoms with E-state index in [1.165, 1.54) is 11.0 Å². The second kappa shape index (κ2) is 11.3. The SMILES string of the molecule is C/C=C\C=C/C(=O)Nc1cccc(C2=NOC3(C2)C[C@@H](C(N)=O)N(C(=O)COc2ccc(Cl)cc2)C3)c1. The highest BCUT2D eigenvalue weighted by atomic mass is 35.5. The van der Waals surface area contributed by atoms with Crippen LogP contribution in [0.25, 0.3) is 0 Å². The highest BCUT2D eigenvalue weighted by Gasteiger charge is 2.53. The number of benzene rings is 2. The quantitative estimate of drug-likeness (QED) is 0.406. The number of carbonyl (C=O) groups excluding carboxylic acids is 3. The fraction of sp³-hybridized carbons (Fsp3) is 0.259. The number of carbonyl (C=O) groups is 3. The Morgan fingerprint density at radius 3 is 2.76 bits per heavy atom. The third-order valence-electron chi connectivity index (χ3n) is 6.08. The number of oxime groups is 1. The van der Waals surface area contributed by atoms with Crippen LogP contribution in [0.3, 0.4) is 0 Å². The number of hydrogen-bond donors (Lipinski definition) is 2. The maximum atomic E-state index is 13.0. The molecule has 1 saturated heterocycles. The summed E-state index contributed by atoms with van der Waals surface area (Å²) in [4.78, 5) is 44.5. The van der Waals surface area contributed by atoms with Crippen LogP contribution in [-0.2, 0) is 19.2 Å². The Bertz CT molecular complexity index is 1270. The lowest BCUT2D eigenvalue weighted by atomic mass is 9.91. The Balaban J connectivity index is 1.41. The first-order valence-electron chi connectivity index (χ1n) is 11.7. The van der Waals surface area contributed by atoms with E-state index in [4.69, 9.17) is 26.9 Å². The standard InChI is InChI=1S/C27H27ClN4O5/c1-2-3-4-8-24(33)30-20-7-5-6-18(13-20)22-14-27(37-31-22)15-23(26(29)35)32(17-27)25(34)16-36-21-11-9-19(28)10-12-21/h2-13,23H,14-17H2,1H3,(H2,29,35)(H,30,33)/b3-2-,8-4-/t23-,27?/m0/s1. The zero-order valence-electron chi connectivity index (χ0n) is 20.2. The Labute approximate surface area is 219 Å².